The van der Waals surface area contributed by atoms with Crippen molar-refractivity contribution in [1.82, 2.24) is 4.90 Å². The minimum atomic E-state index is -0.305. The van der Waals surface area contributed by atoms with Gasteiger partial charge in [-0.15, -0.1) is 0 Å². The minimum absolute atomic E-state index is 0.305. The first kappa shape index (κ1) is 11.0. The monoisotopic (exact) mass is 171 g/mol. The smallest absolute Gasteiger partial charge is 0.413 e. The summed E-state index contributed by atoms with van der Waals surface area (Å²) in [7, 11) is 0. The second kappa shape index (κ2) is 6.70. The van der Waals surface area contributed by atoms with Gasteiger partial charge in [0.1, 0.15) is 0 Å². The zero-order valence-corrected chi connectivity index (χ0v) is 7.88. The second-order valence-electron chi connectivity index (χ2n) is 2.43. The molecule has 0 aliphatic rings. The molecule has 3 nitrogen and oxygen atoms in total. The van der Waals surface area contributed by atoms with Crippen LogP contribution in [0.2, 0.25) is 0 Å². The standard InChI is InChI=1S/C9H17NO2/c1-4-7-8-10(5-2)9(11)12-6-3/h5H,2,4,6-8H2,1,3H3. The number of carbonyl (C=O) groups is 1. The molecule has 0 radical (unpaired) electrons. The first-order valence-corrected chi connectivity index (χ1v) is 4.32. The Hall–Kier alpha value is -0.990. The molecule has 0 atom stereocenters. The van der Waals surface area contributed by atoms with Gasteiger partial charge in [0, 0.05) is 12.7 Å². The average Bonchev–Trinajstić information content (AvgIpc) is 2.06. The van der Waals surface area contributed by atoms with E-state index < -0.39 is 0 Å². The first-order valence-electron chi connectivity index (χ1n) is 4.32. The summed E-state index contributed by atoms with van der Waals surface area (Å²) in [6.07, 6.45) is 3.24. The molecule has 70 valence electrons. The molecule has 0 saturated heterocycles. The summed E-state index contributed by atoms with van der Waals surface area (Å²) in [5.74, 6) is 0. The van der Waals surface area contributed by atoms with Gasteiger partial charge in [0.25, 0.3) is 0 Å². The quantitative estimate of drug-likeness (QED) is 0.635. The van der Waals surface area contributed by atoms with Crippen molar-refractivity contribution in [2.75, 3.05) is 13.2 Å². The van der Waals surface area contributed by atoms with Gasteiger partial charge in [0.15, 0.2) is 0 Å². The van der Waals surface area contributed by atoms with Gasteiger partial charge in [0.2, 0.25) is 0 Å². The van der Waals surface area contributed by atoms with Crippen molar-refractivity contribution in [3.8, 4) is 0 Å². The fraction of sp³-hybridized carbons (Fsp3) is 0.667. The highest BCUT2D eigenvalue weighted by Gasteiger charge is 2.08. The number of ether oxygens (including phenoxy) is 1. The lowest BCUT2D eigenvalue weighted by Crippen LogP contribution is -2.27. The molecule has 0 aliphatic carbocycles. The van der Waals surface area contributed by atoms with E-state index in [0.717, 1.165) is 12.8 Å². The lowest BCUT2D eigenvalue weighted by atomic mass is 10.3. The highest BCUT2D eigenvalue weighted by atomic mass is 16.6. The number of unbranched alkanes of at least 4 members (excludes halogenated alkanes) is 1. The van der Waals surface area contributed by atoms with Crippen LogP contribution in [0, 0.1) is 0 Å². The normalized spacial score (nSPS) is 9.17. The maximum atomic E-state index is 11.1. The molecule has 0 spiro atoms. The molecular weight excluding hydrogens is 154 g/mol. The fourth-order valence-electron chi connectivity index (χ4n) is 0.792. The lowest BCUT2D eigenvalue weighted by molar-refractivity contribution is 0.122. The fourth-order valence-corrected chi connectivity index (χ4v) is 0.792. The predicted molar refractivity (Wildman–Crippen MR) is 48.8 cm³/mol. The number of hydrogen-bond acceptors (Lipinski definition) is 2. The molecule has 0 N–H and O–H groups in total. The Bertz CT molecular complexity index is 145. The average molecular weight is 171 g/mol. The van der Waals surface area contributed by atoms with Crippen LogP contribution in [0.15, 0.2) is 12.8 Å². The van der Waals surface area contributed by atoms with E-state index in [1.807, 2.05) is 0 Å². The van der Waals surface area contributed by atoms with Crippen molar-refractivity contribution in [3.63, 3.8) is 0 Å². The van der Waals surface area contributed by atoms with Crippen molar-refractivity contribution in [3.05, 3.63) is 12.8 Å². The maximum Gasteiger partial charge on any atom is 0.413 e. The number of carbonyl (C=O) groups excluding carboxylic acids is 1. The molecular formula is C9H17NO2. The summed E-state index contributed by atoms with van der Waals surface area (Å²) in [6.45, 7) is 8.51. The largest absolute Gasteiger partial charge is 0.449 e. The third-order valence-corrected chi connectivity index (χ3v) is 1.48. The van der Waals surface area contributed by atoms with Crippen LogP contribution in [0.1, 0.15) is 26.7 Å². The Kier molecular flexibility index (Phi) is 6.15. The summed E-state index contributed by atoms with van der Waals surface area (Å²) in [4.78, 5) is 12.6. The zero-order chi connectivity index (χ0) is 9.40. The van der Waals surface area contributed by atoms with Crippen LogP contribution >= 0.6 is 0 Å². The molecule has 12 heavy (non-hydrogen) atoms. The predicted octanol–water partition coefficient (Wildman–Crippen LogP) is 2.39. The van der Waals surface area contributed by atoms with Gasteiger partial charge in [-0.05, 0) is 13.3 Å². The Morgan fingerprint density at radius 2 is 2.25 bits per heavy atom. The van der Waals surface area contributed by atoms with Gasteiger partial charge >= 0.3 is 6.09 Å². The lowest BCUT2D eigenvalue weighted by Gasteiger charge is -2.16. The van der Waals surface area contributed by atoms with Crippen molar-refractivity contribution in [2.24, 2.45) is 0 Å². The Morgan fingerprint density at radius 3 is 2.67 bits per heavy atom. The molecule has 0 fully saturated rings. The van der Waals surface area contributed by atoms with Crippen LogP contribution in [0.3, 0.4) is 0 Å². The molecule has 0 rings (SSSR count). The van der Waals surface area contributed by atoms with E-state index in [0.29, 0.717) is 13.2 Å². The Labute approximate surface area is 74.0 Å². The van der Waals surface area contributed by atoms with Crippen molar-refractivity contribution in [2.45, 2.75) is 26.7 Å². The third kappa shape index (κ3) is 4.01. The molecule has 1 amide bonds. The van der Waals surface area contributed by atoms with Crippen molar-refractivity contribution < 1.29 is 9.53 Å². The minimum Gasteiger partial charge on any atom is -0.449 e. The summed E-state index contributed by atoms with van der Waals surface area (Å²) < 4.78 is 4.81. The Balaban J connectivity index is 3.79. The highest BCUT2D eigenvalue weighted by molar-refractivity contribution is 5.68. The molecule has 0 aromatic rings. The summed E-state index contributed by atoms with van der Waals surface area (Å²) in [5, 5.41) is 0. The van der Waals surface area contributed by atoms with E-state index in [-0.39, 0.29) is 6.09 Å². The zero-order valence-electron chi connectivity index (χ0n) is 7.88. The van der Waals surface area contributed by atoms with Crippen molar-refractivity contribution in [1.29, 1.82) is 0 Å². The van der Waals surface area contributed by atoms with Crippen LogP contribution in [0.5, 0.6) is 0 Å². The highest BCUT2D eigenvalue weighted by Crippen LogP contribution is 1.98. The van der Waals surface area contributed by atoms with E-state index in [4.69, 9.17) is 4.74 Å². The summed E-state index contributed by atoms with van der Waals surface area (Å²) in [5.41, 5.74) is 0. The number of rotatable bonds is 5. The van der Waals surface area contributed by atoms with Gasteiger partial charge in [-0.3, -0.25) is 4.90 Å². The molecule has 0 aromatic carbocycles. The number of amides is 1. The van der Waals surface area contributed by atoms with E-state index in [9.17, 15) is 4.79 Å². The molecule has 0 heterocycles. The molecule has 0 aliphatic heterocycles. The van der Waals surface area contributed by atoms with Crippen LogP contribution in [0.25, 0.3) is 0 Å². The van der Waals surface area contributed by atoms with E-state index >= 15 is 0 Å². The van der Waals surface area contributed by atoms with Gasteiger partial charge < -0.3 is 4.74 Å². The van der Waals surface area contributed by atoms with E-state index in [2.05, 4.69) is 13.5 Å². The second-order valence-corrected chi connectivity index (χ2v) is 2.43. The Morgan fingerprint density at radius 1 is 1.58 bits per heavy atom. The van der Waals surface area contributed by atoms with Crippen LogP contribution in [-0.4, -0.2) is 24.1 Å². The summed E-state index contributed by atoms with van der Waals surface area (Å²) in [6, 6.07) is 0. The van der Waals surface area contributed by atoms with Crippen LogP contribution in [0.4, 0.5) is 4.79 Å². The molecule has 0 unspecified atom stereocenters. The van der Waals surface area contributed by atoms with Gasteiger partial charge in [0.05, 0.1) is 6.61 Å². The molecule has 0 bridgehead atoms. The maximum absolute atomic E-state index is 11.1. The van der Waals surface area contributed by atoms with Gasteiger partial charge in [-0.1, -0.05) is 19.9 Å². The van der Waals surface area contributed by atoms with Gasteiger partial charge in [-0.2, -0.15) is 0 Å². The van der Waals surface area contributed by atoms with E-state index in [1.54, 1.807) is 6.92 Å². The molecule has 0 saturated carbocycles. The van der Waals surface area contributed by atoms with E-state index in [1.165, 1.54) is 11.1 Å². The number of hydrogen-bond donors (Lipinski definition) is 0. The van der Waals surface area contributed by atoms with Crippen LogP contribution in [-0.2, 0) is 4.74 Å². The van der Waals surface area contributed by atoms with Crippen LogP contribution < -0.4 is 0 Å². The third-order valence-electron chi connectivity index (χ3n) is 1.48. The summed E-state index contributed by atoms with van der Waals surface area (Å²) >= 11 is 0. The van der Waals surface area contributed by atoms with Gasteiger partial charge in [-0.25, -0.2) is 4.79 Å². The SMILES string of the molecule is C=CN(CCCC)C(=O)OCC. The van der Waals surface area contributed by atoms with Crippen molar-refractivity contribution >= 4 is 6.09 Å². The number of nitrogens with zero attached hydrogens (tertiary/aromatic N) is 1. The molecule has 0 aromatic heterocycles. The topological polar surface area (TPSA) is 29.5 Å². The first-order chi connectivity index (χ1) is 5.76. The molecule has 3 heteroatoms.